The molecule has 0 unspecified atom stereocenters. The van der Waals surface area contributed by atoms with Crippen LogP contribution in [-0.4, -0.2) is 33.4 Å². The molecule has 0 bridgehead atoms. The molecule has 0 aliphatic carbocycles. The third kappa shape index (κ3) is 4.07. The van der Waals surface area contributed by atoms with Gasteiger partial charge in [0.25, 0.3) is 0 Å². The van der Waals surface area contributed by atoms with Gasteiger partial charge >= 0.3 is 5.97 Å². The number of methoxy groups -OCH3 is 2. The minimum absolute atomic E-state index is 0.330. The molecule has 110 valence electrons. The number of ether oxygens (including phenoxy) is 3. The van der Waals surface area contributed by atoms with E-state index in [9.17, 15) is 4.79 Å². The molecule has 0 amide bonds. The molecule has 21 heavy (non-hydrogen) atoms. The summed E-state index contributed by atoms with van der Waals surface area (Å²) in [7, 11) is 3.02. The third-order valence-corrected chi connectivity index (χ3v) is 3.05. The summed E-state index contributed by atoms with van der Waals surface area (Å²) < 4.78 is 15.1. The quantitative estimate of drug-likeness (QED) is 0.604. The van der Waals surface area contributed by atoms with E-state index in [1.807, 2.05) is 36.4 Å². The molecule has 0 saturated heterocycles. The second kappa shape index (κ2) is 7.45. The summed E-state index contributed by atoms with van der Waals surface area (Å²) in [6.45, 7) is 1.10. The zero-order chi connectivity index (χ0) is 15.1. The summed E-state index contributed by atoms with van der Waals surface area (Å²) in [5.41, 5.74) is 2.64. The van der Waals surface area contributed by atoms with E-state index in [0.29, 0.717) is 18.8 Å². The van der Waals surface area contributed by atoms with Crippen LogP contribution in [0, 0.1) is 0 Å². The van der Waals surface area contributed by atoms with Crippen LogP contribution in [0.5, 0.6) is 5.75 Å². The topological polar surface area (TPSA) is 44.8 Å². The Balaban J connectivity index is 2.06. The lowest BCUT2D eigenvalue weighted by Crippen LogP contribution is -2.03. The largest absolute Gasteiger partial charge is 0.491 e. The minimum atomic E-state index is -0.330. The Morgan fingerprint density at radius 1 is 0.857 bits per heavy atom. The molecule has 4 nitrogen and oxygen atoms in total. The average Bonchev–Trinajstić information content (AvgIpc) is 2.55. The maximum atomic E-state index is 11.4. The lowest BCUT2D eigenvalue weighted by molar-refractivity contribution is 0.0601. The van der Waals surface area contributed by atoms with Crippen molar-refractivity contribution >= 4 is 5.97 Å². The Labute approximate surface area is 124 Å². The van der Waals surface area contributed by atoms with Gasteiger partial charge in [-0.05, 0) is 35.4 Å². The van der Waals surface area contributed by atoms with Crippen molar-refractivity contribution in [2.24, 2.45) is 0 Å². The van der Waals surface area contributed by atoms with E-state index in [4.69, 9.17) is 9.47 Å². The Kier molecular flexibility index (Phi) is 5.35. The van der Waals surface area contributed by atoms with Gasteiger partial charge < -0.3 is 14.2 Å². The van der Waals surface area contributed by atoms with E-state index in [-0.39, 0.29) is 5.97 Å². The zero-order valence-corrected chi connectivity index (χ0v) is 12.2. The van der Waals surface area contributed by atoms with Crippen molar-refractivity contribution in [3.63, 3.8) is 0 Å². The maximum Gasteiger partial charge on any atom is 0.337 e. The molecule has 0 atom stereocenters. The SMILES string of the molecule is COCCOc1ccc(-c2ccc(C(=O)OC)cc2)cc1. The van der Waals surface area contributed by atoms with E-state index >= 15 is 0 Å². The van der Waals surface area contributed by atoms with Gasteiger partial charge in [0, 0.05) is 7.11 Å². The predicted octanol–water partition coefficient (Wildman–Crippen LogP) is 3.17. The molecule has 2 rings (SSSR count). The molecular weight excluding hydrogens is 268 g/mol. The Morgan fingerprint density at radius 2 is 1.43 bits per heavy atom. The molecule has 0 aliphatic rings. The van der Waals surface area contributed by atoms with Gasteiger partial charge in [-0.15, -0.1) is 0 Å². The molecule has 0 radical (unpaired) electrons. The first-order valence-electron chi connectivity index (χ1n) is 6.65. The highest BCUT2D eigenvalue weighted by atomic mass is 16.5. The maximum absolute atomic E-state index is 11.4. The first kappa shape index (κ1) is 15.1. The highest BCUT2D eigenvalue weighted by Gasteiger charge is 2.05. The smallest absolute Gasteiger partial charge is 0.337 e. The van der Waals surface area contributed by atoms with Gasteiger partial charge in [-0.25, -0.2) is 4.79 Å². The van der Waals surface area contributed by atoms with Crippen molar-refractivity contribution in [3.8, 4) is 16.9 Å². The average molecular weight is 286 g/mol. The number of hydrogen-bond acceptors (Lipinski definition) is 4. The number of carbonyl (C=O) groups is 1. The van der Waals surface area contributed by atoms with Gasteiger partial charge in [0.1, 0.15) is 12.4 Å². The molecule has 0 N–H and O–H groups in total. The van der Waals surface area contributed by atoms with Crippen molar-refractivity contribution in [1.82, 2.24) is 0 Å². The molecule has 0 aromatic heterocycles. The number of esters is 1. The fraction of sp³-hybridized carbons (Fsp3) is 0.235. The van der Waals surface area contributed by atoms with Crippen LogP contribution in [0.4, 0.5) is 0 Å². The highest BCUT2D eigenvalue weighted by molar-refractivity contribution is 5.89. The summed E-state index contributed by atoms with van der Waals surface area (Å²) in [5.74, 6) is 0.477. The van der Waals surface area contributed by atoms with E-state index in [0.717, 1.165) is 16.9 Å². The monoisotopic (exact) mass is 286 g/mol. The van der Waals surface area contributed by atoms with Gasteiger partial charge in [-0.2, -0.15) is 0 Å². The van der Waals surface area contributed by atoms with E-state index in [1.165, 1.54) is 7.11 Å². The second-order valence-electron chi connectivity index (χ2n) is 4.43. The van der Waals surface area contributed by atoms with E-state index in [2.05, 4.69) is 4.74 Å². The van der Waals surface area contributed by atoms with Crippen molar-refractivity contribution in [2.45, 2.75) is 0 Å². The summed E-state index contributed by atoms with van der Waals surface area (Å²) in [5, 5.41) is 0. The molecule has 2 aromatic rings. The number of rotatable bonds is 6. The Hall–Kier alpha value is -2.33. The van der Waals surface area contributed by atoms with Crippen LogP contribution in [0.3, 0.4) is 0 Å². The first-order chi connectivity index (χ1) is 10.2. The number of hydrogen-bond donors (Lipinski definition) is 0. The third-order valence-electron chi connectivity index (χ3n) is 3.05. The lowest BCUT2D eigenvalue weighted by Gasteiger charge is -2.07. The fourth-order valence-electron chi connectivity index (χ4n) is 1.90. The molecule has 0 fully saturated rings. The van der Waals surface area contributed by atoms with Crippen LogP contribution >= 0.6 is 0 Å². The minimum Gasteiger partial charge on any atom is -0.491 e. The van der Waals surface area contributed by atoms with Crippen molar-refractivity contribution in [2.75, 3.05) is 27.4 Å². The van der Waals surface area contributed by atoms with Crippen LogP contribution in [0.2, 0.25) is 0 Å². The molecule has 0 heterocycles. The van der Waals surface area contributed by atoms with Gasteiger partial charge in [0.05, 0.1) is 19.3 Å². The van der Waals surface area contributed by atoms with Gasteiger partial charge in [-0.1, -0.05) is 24.3 Å². The molecule has 4 heteroatoms. The van der Waals surface area contributed by atoms with E-state index in [1.54, 1.807) is 19.2 Å². The van der Waals surface area contributed by atoms with E-state index < -0.39 is 0 Å². The van der Waals surface area contributed by atoms with Crippen molar-refractivity contribution in [3.05, 3.63) is 54.1 Å². The van der Waals surface area contributed by atoms with Crippen LogP contribution in [0.25, 0.3) is 11.1 Å². The highest BCUT2D eigenvalue weighted by Crippen LogP contribution is 2.23. The Morgan fingerprint density at radius 3 is 1.95 bits per heavy atom. The van der Waals surface area contributed by atoms with Crippen molar-refractivity contribution in [1.29, 1.82) is 0 Å². The van der Waals surface area contributed by atoms with Crippen LogP contribution in [-0.2, 0) is 9.47 Å². The predicted molar refractivity (Wildman–Crippen MR) is 80.6 cm³/mol. The number of carbonyl (C=O) groups excluding carboxylic acids is 1. The fourth-order valence-corrected chi connectivity index (χ4v) is 1.90. The number of benzene rings is 2. The Bertz CT molecular complexity index is 573. The molecular formula is C17H18O4. The second-order valence-corrected chi connectivity index (χ2v) is 4.43. The van der Waals surface area contributed by atoms with Gasteiger partial charge in [0.15, 0.2) is 0 Å². The summed E-state index contributed by atoms with van der Waals surface area (Å²) in [6.07, 6.45) is 0. The van der Waals surface area contributed by atoms with Crippen LogP contribution in [0.1, 0.15) is 10.4 Å². The van der Waals surface area contributed by atoms with Crippen LogP contribution < -0.4 is 4.74 Å². The van der Waals surface area contributed by atoms with Crippen molar-refractivity contribution < 1.29 is 19.0 Å². The standard InChI is InChI=1S/C17H18O4/c1-19-11-12-21-16-9-7-14(8-10-16)13-3-5-15(6-4-13)17(18)20-2/h3-10H,11-12H2,1-2H3. The lowest BCUT2D eigenvalue weighted by atomic mass is 10.0. The zero-order valence-electron chi connectivity index (χ0n) is 12.2. The summed E-state index contributed by atoms with van der Waals surface area (Å²) in [6, 6.07) is 15.1. The molecule has 0 spiro atoms. The molecule has 2 aromatic carbocycles. The van der Waals surface area contributed by atoms with Crippen LogP contribution in [0.15, 0.2) is 48.5 Å². The summed E-state index contributed by atoms with van der Waals surface area (Å²) in [4.78, 5) is 11.4. The summed E-state index contributed by atoms with van der Waals surface area (Å²) >= 11 is 0. The molecule has 0 saturated carbocycles. The van der Waals surface area contributed by atoms with Gasteiger partial charge in [0.2, 0.25) is 0 Å². The van der Waals surface area contributed by atoms with Gasteiger partial charge in [-0.3, -0.25) is 0 Å². The first-order valence-corrected chi connectivity index (χ1v) is 6.65. The normalized spacial score (nSPS) is 10.2. The molecule has 0 aliphatic heterocycles.